The molecule has 7 nitrogen and oxygen atoms in total. The molecule has 9 heteroatoms. The summed E-state index contributed by atoms with van der Waals surface area (Å²) >= 11 is 6.28. The minimum Gasteiger partial charge on any atom is -0.352 e. The highest BCUT2D eigenvalue weighted by Gasteiger charge is 2.35. The molecule has 4 aromatic rings. The first kappa shape index (κ1) is 32.8. The van der Waals surface area contributed by atoms with Crippen molar-refractivity contribution in [3.05, 3.63) is 131 Å². The third kappa shape index (κ3) is 8.49. The first-order valence-electron chi connectivity index (χ1n) is 14.6. The van der Waals surface area contributed by atoms with Crippen LogP contribution in [0.4, 0.5) is 5.69 Å². The van der Waals surface area contributed by atoms with Crippen LogP contribution in [0.5, 0.6) is 0 Å². The summed E-state index contributed by atoms with van der Waals surface area (Å²) in [7, 11) is -4.18. The van der Waals surface area contributed by atoms with Crippen molar-refractivity contribution < 1.29 is 18.0 Å². The standard InChI is InChI=1S/C35H38ClN3O4S/c1-4-27(3)37-35(41)33(22-28-12-7-5-8-13-28)38(24-29-20-18-26(2)19-21-29)34(40)25-39(31-15-11-14-30(36)23-31)44(42,43)32-16-9-6-10-17-32/h5-21,23,27,33H,4,22,24-25H2,1-3H3,(H,37,41). The number of carbonyl (C=O) groups excluding carboxylic acids is 2. The first-order valence-corrected chi connectivity index (χ1v) is 16.4. The number of rotatable bonds is 13. The van der Waals surface area contributed by atoms with E-state index in [1.807, 2.05) is 75.4 Å². The van der Waals surface area contributed by atoms with Gasteiger partial charge in [-0.05, 0) is 61.7 Å². The number of nitrogens with zero attached hydrogens (tertiary/aromatic N) is 2. The van der Waals surface area contributed by atoms with Gasteiger partial charge < -0.3 is 10.2 Å². The van der Waals surface area contributed by atoms with Crippen LogP contribution >= 0.6 is 11.6 Å². The normalized spacial score (nSPS) is 12.6. The first-order chi connectivity index (χ1) is 21.1. The van der Waals surface area contributed by atoms with Gasteiger partial charge in [0.25, 0.3) is 10.0 Å². The highest BCUT2D eigenvalue weighted by atomic mass is 35.5. The number of nitrogens with one attached hydrogen (secondary N) is 1. The van der Waals surface area contributed by atoms with Crippen molar-refractivity contribution in [3.63, 3.8) is 0 Å². The second-order valence-electron chi connectivity index (χ2n) is 10.8. The summed E-state index contributed by atoms with van der Waals surface area (Å²) in [6.45, 7) is 5.44. The van der Waals surface area contributed by atoms with Gasteiger partial charge in [-0.2, -0.15) is 0 Å². The molecule has 2 atom stereocenters. The van der Waals surface area contributed by atoms with Crippen LogP contribution in [0.15, 0.2) is 114 Å². The molecule has 0 fully saturated rings. The number of hydrogen-bond acceptors (Lipinski definition) is 4. The van der Waals surface area contributed by atoms with Crippen molar-refractivity contribution in [1.29, 1.82) is 0 Å². The van der Waals surface area contributed by atoms with Gasteiger partial charge in [-0.3, -0.25) is 13.9 Å². The van der Waals surface area contributed by atoms with Gasteiger partial charge in [-0.25, -0.2) is 8.42 Å². The molecular weight excluding hydrogens is 594 g/mol. The van der Waals surface area contributed by atoms with Crippen molar-refractivity contribution in [2.45, 2.75) is 57.1 Å². The van der Waals surface area contributed by atoms with Crippen LogP contribution in [0.1, 0.15) is 37.0 Å². The fourth-order valence-electron chi connectivity index (χ4n) is 4.76. The van der Waals surface area contributed by atoms with E-state index in [0.717, 1.165) is 21.0 Å². The maximum absolute atomic E-state index is 14.5. The Morgan fingerprint density at radius 1 is 0.841 bits per heavy atom. The molecule has 1 N–H and O–H groups in total. The van der Waals surface area contributed by atoms with Crippen LogP contribution in [0.25, 0.3) is 0 Å². The molecule has 4 rings (SSSR count). The van der Waals surface area contributed by atoms with Gasteiger partial charge >= 0.3 is 0 Å². The molecule has 0 spiro atoms. The van der Waals surface area contributed by atoms with Crippen LogP contribution in [-0.4, -0.2) is 43.8 Å². The zero-order valence-electron chi connectivity index (χ0n) is 25.2. The van der Waals surface area contributed by atoms with Crippen molar-refractivity contribution in [2.24, 2.45) is 0 Å². The van der Waals surface area contributed by atoms with E-state index in [4.69, 9.17) is 11.6 Å². The molecule has 0 aliphatic rings. The van der Waals surface area contributed by atoms with E-state index in [-0.39, 0.29) is 35.5 Å². The number of benzene rings is 4. The van der Waals surface area contributed by atoms with E-state index < -0.39 is 28.5 Å². The highest BCUT2D eigenvalue weighted by Crippen LogP contribution is 2.27. The van der Waals surface area contributed by atoms with Crippen LogP contribution in [0.2, 0.25) is 5.02 Å². The van der Waals surface area contributed by atoms with Crippen molar-refractivity contribution in [2.75, 3.05) is 10.8 Å². The smallest absolute Gasteiger partial charge is 0.264 e. The van der Waals surface area contributed by atoms with Gasteiger partial charge in [0.15, 0.2) is 0 Å². The predicted molar refractivity (Wildman–Crippen MR) is 176 cm³/mol. The Bertz CT molecular complexity index is 1650. The Balaban J connectivity index is 1.80. The van der Waals surface area contributed by atoms with Gasteiger partial charge in [0, 0.05) is 24.0 Å². The lowest BCUT2D eigenvalue weighted by Crippen LogP contribution is -2.54. The Labute approximate surface area is 265 Å². The van der Waals surface area contributed by atoms with E-state index in [1.165, 1.54) is 23.1 Å². The molecule has 0 saturated carbocycles. The third-order valence-electron chi connectivity index (χ3n) is 7.45. The van der Waals surface area contributed by atoms with E-state index in [1.54, 1.807) is 36.4 Å². The van der Waals surface area contributed by atoms with E-state index in [0.29, 0.717) is 11.4 Å². The van der Waals surface area contributed by atoms with Crippen molar-refractivity contribution >= 4 is 39.1 Å². The van der Waals surface area contributed by atoms with Crippen LogP contribution in [0, 0.1) is 6.92 Å². The fourth-order valence-corrected chi connectivity index (χ4v) is 6.38. The largest absolute Gasteiger partial charge is 0.352 e. The zero-order chi connectivity index (χ0) is 31.7. The SMILES string of the molecule is CCC(C)NC(=O)C(Cc1ccccc1)N(Cc1ccc(C)cc1)C(=O)CN(c1cccc(Cl)c1)S(=O)(=O)c1ccccc1. The molecule has 230 valence electrons. The van der Waals surface area contributed by atoms with Gasteiger partial charge in [0.1, 0.15) is 12.6 Å². The second-order valence-corrected chi connectivity index (χ2v) is 13.1. The summed E-state index contributed by atoms with van der Waals surface area (Å²) in [4.78, 5) is 29.9. The summed E-state index contributed by atoms with van der Waals surface area (Å²) in [5.74, 6) is -0.825. The van der Waals surface area contributed by atoms with Crippen LogP contribution < -0.4 is 9.62 Å². The molecule has 4 aromatic carbocycles. The Morgan fingerprint density at radius 3 is 2.09 bits per heavy atom. The molecule has 0 heterocycles. The van der Waals surface area contributed by atoms with Crippen molar-refractivity contribution in [3.8, 4) is 0 Å². The molecule has 2 unspecified atom stereocenters. The lowest BCUT2D eigenvalue weighted by molar-refractivity contribution is -0.140. The number of aryl methyl sites for hydroxylation is 1. The average Bonchev–Trinajstić information content (AvgIpc) is 3.03. The number of sulfonamides is 1. The maximum atomic E-state index is 14.5. The Morgan fingerprint density at radius 2 is 1.48 bits per heavy atom. The molecule has 0 aromatic heterocycles. The summed E-state index contributed by atoms with van der Waals surface area (Å²) in [6, 6.07) is 30.5. The molecular formula is C35H38ClN3O4S. The topological polar surface area (TPSA) is 86.8 Å². The molecule has 0 aliphatic carbocycles. The lowest BCUT2D eigenvalue weighted by atomic mass is 10.0. The van der Waals surface area contributed by atoms with Gasteiger partial charge in [-0.15, -0.1) is 0 Å². The quantitative estimate of drug-likeness (QED) is 0.185. The predicted octanol–water partition coefficient (Wildman–Crippen LogP) is 6.40. The summed E-state index contributed by atoms with van der Waals surface area (Å²) in [5.41, 5.74) is 3.00. The monoisotopic (exact) mass is 631 g/mol. The number of hydrogen-bond donors (Lipinski definition) is 1. The van der Waals surface area contributed by atoms with Crippen molar-refractivity contribution in [1.82, 2.24) is 10.2 Å². The second kappa shape index (κ2) is 15.0. The molecule has 0 radical (unpaired) electrons. The lowest BCUT2D eigenvalue weighted by Gasteiger charge is -2.34. The molecule has 0 saturated heterocycles. The molecule has 0 bridgehead atoms. The maximum Gasteiger partial charge on any atom is 0.264 e. The number of halogens is 1. The number of carbonyl (C=O) groups is 2. The number of amides is 2. The van der Waals surface area contributed by atoms with Gasteiger partial charge in [0.2, 0.25) is 11.8 Å². The minimum atomic E-state index is -4.18. The summed E-state index contributed by atoms with van der Waals surface area (Å²) in [6.07, 6.45) is 0.969. The van der Waals surface area contributed by atoms with Crippen LogP contribution in [0.3, 0.4) is 0 Å². The van der Waals surface area contributed by atoms with E-state index in [9.17, 15) is 18.0 Å². The van der Waals surface area contributed by atoms with E-state index in [2.05, 4.69) is 5.32 Å². The fraction of sp³-hybridized carbons (Fsp3) is 0.257. The van der Waals surface area contributed by atoms with Gasteiger partial charge in [-0.1, -0.05) is 103 Å². The molecule has 2 amide bonds. The summed E-state index contributed by atoms with van der Waals surface area (Å²) < 4.78 is 29.1. The van der Waals surface area contributed by atoms with Gasteiger partial charge in [0.05, 0.1) is 10.6 Å². The summed E-state index contributed by atoms with van der Waals surface area (Å²) in [5, 5.41) is 3.37. The van der Waals surface area contributed by atoms with E-state index >= 15 is 0 Å². The molecule has 44 heavy (non-hydrogen) atoms. The number of anilines is 1. The zero-order valence-corrected chi connectivity index (χ0v) is 26.8. The third-order valence-corrected chi connectivity index (χ3v) is 9.48. The minimum absolute atomic E-state index is 0.0354. The highest BCUT2D eigenvalue weighted by molar-refractivity contribution is 7.92. The Kier molecular flexibility index (Phi) is 11.2. The average molecular weight is 632 g/mol. The Hall–Kier alpha value is -4.14. The molecule has 0 aliphatic heterocycles. The van der Waals surface area contributed by atoms with Crippen LogP contribution in [-0.2, 0) is 32.6 Å².